The van der Waals surface area contributed by atoms with Crippen molar-refractivity contribution in [3.8, 4) is 17.2 Å². The normalized spacial score (nSPS) is 20.4. The van der Waals surface area contributed by atoms with Gasteiger partial charge in [-0.05, 0) is 79.6 Å². The third-order valence-electron chi connectivity index (χ3n) is 16.8. The van der Waals surface area contributed by atoms with E-state index in [9.17, 15) is 73.5 Å². The molecule has 4 aliphatic rings. The van der Waals surface area contributed by atoms with Crippen molar-refractivity contribution in [1.82, 2.24) is 26.2 Å². The van der Waals surface area contributed by atoms with Gasteiger partial charge in [-0.25, -0.2) is 9.59 Å². The minimum atomic E-state index is -2.42. The number of hydrogen-bond donors (Lipinski definition) is 11. The average molecular weight is 1370 g/mol. The lowest BCUT2D eigenvalue weighted by Gasteiger charge is -2.42. The Morgan fingerprint density at radius 3 is 2.05 bits per heavy atom. The molecule has 2 aliphatic heterocycles. The zero-order valence-electron chi connectivity index (χ0n) is 52.9. The largest absolute Gasteiger partial charge is 0.507 e. The van der Waals surface area contributed by atoms with Crippen LogP contribution in [0.5, 0.6) is 17.2 Å². The number of phenolic OH excluding ortho intramolecular Hbond substituents is 2. The maximum Gasteiger partial charge on any atom is 0.407 e. The molecule has 508 valence electrons. The molecule has 0 saturated carbocycles. The Balaban J connectivity index is 0.773. The Morgan fingerprint density at radius 2 is 1.44 bits per heavy atom. The van der Waals surface area contributed by atoms with Crippen molar-refractivity contribution in [3.05, 3.63) is 152 Å². The molecule has 8 amide bonds. The number of aromatic hydroxyl groups is 2. The van der Waals surface area contributed by atoms with Crippen LogP contribution in [0, 0.1) is 5.92 Å². The minimum Gasteiger partial charge on any atom is -0.507 e. The van der Waals surface area contributed by atoms with Gasteiger partial charge in [0.05, 0.1) is 57.6 Å². The van der Waals surface area contributed by atoms with Gasteiger partial charge in [-0.1, -0.05) is 104 Å². The van der Waals surface area contributed by atoms with E-state index in [0.29, 0.717) is 34.6 Å². The number of phenols is 2. The third kappa shape index (κ3) is 16.5. The summed E-state index contributed by atoms with van der Waals surface area (Å²) in [4.78, 5) is 138. The number of fused-ring (bicyclic) bond motifs is 3. The molecule has 2 heterocycles. The smallest absolute Gasteiger partial charge is 0.407 e. The number of ketones is 3. The van der Waals surface area contributed by atoms with Crippen LogP contribution in [-0.4, -0.2) is 168 Å². The fourth-order valence-corrected chi connectivity index (χ4v) is 14.6. The van der Waals surface area contributed by atoms with E-state index in [1.165, 1.54) is 65.9 Å². The molecule has 5 aromatic carbocycles. The first kappa shape index (κ1) is 71.4. The number of alkyl carbamates (subject to hydrolysis) is 1. The van der Waals surface area contributed by atoms with E-state index in [2.05, 4.69) is 26.6 Å². The number of Topliss-reactive ketones (excluding diaryl/α,β-unsaturated/α-hetero) is 1. The number of amides is 8. The lowest BCUT2D eigenvalue weighted by atomic mass is 9.72. The topological polar surface area (TPSA) is 398 Å². The number of aliphatic hydroxyl groups excluding tert-OH is 2. The maximum atomic E-state index is 14.1. The van der Waals surface area contributed by atoms with Crippen LogP contribution in [0.3, 0.4) is 0 Å². The zero-order valence-corrected chi connectivity index (χ0v) is 56.6. The van der Waals surface area contributed by atoms with Crippen molar-refractivity contribution in [1.29, 1.82) is 0 Å². The second-order valence-electron chi connectivity index (χ2n) is 23.9. The summed E-state index contributed by atoms with van der Waals surface area (Å²) in [6, 6.07) is 24.9. The lowest BCUT2D eigenvalue weighted by molar-refractivity contribution is -0.235. The molecule has 96 heavy (non-hydrogen) atoms. The molecule has 26 nitrogen and oxygen atoms in total. The first-order chi connectivity index (χ1) is 45.9. The fourth-order valence-electron chi connectivity index (χ4n) is 11.8. The van der Waals surface area contributed by atoms with Gasteiger partial charge in [0.15, 0.2) is 17.9 Å². The molecule has 5 aromatic rings. The number of hydrogen-bond acceptors (Lipinski definition) is 21. The maximum absolute atomic E-state index is 14.1. The number of benzene rings is 5. The molecule has 0 radical (unpaired) electrons. The van der Waals surface area contributed by atoms with E-state index in [-0.39, 0.29) is 101 Å². The summed E-state index contributed by atoms with van der Waals surface area (Å²) in [5.41, 5.74) is 0.672. The number of unbranched alkanes of at least 4 members (excludes halogenated alkanes) is 2. The number of nitrogens with one attached hydrogen (secondary N) is 5. The van der Waals surface area contributed by atoms with Crippen molar-refractivity contribution < 1.29 is 92.4 Å². The lowest BCUT2D eigenvalue weighted by Crippen LogP contribution is -2.57. The Bertz CT molecular complexity index is 3780. The fraction of sp³-hybridized carbons (Fsp3) is 0.373. The summed E-state index contributed by atoms with van der Waals surface area (Å²) in [5, 5.41) is 69.9. The Morgan fingerprint density at radius 1 is 0.792 bits per heavy atom. The van der Waals surface area contributed by atoms with Crippen LogP contribution in [0.15, 0.2) is 123 Å². The van der Waals surface area contributed by atoms with Crippen LogP contribution >= 0.6 is 23.5 Å². The average Bonchev–Trinajstić information content (AvgIpc) is 0.841. The number of rotatable bonds is 28. The van der Waals surface area contributed by atoms with Crippen LogP contribution in [0.2, 0.25) is 0 Å². The minimum absolute atomic E-state index is 0.0211. The summed E-state index contributed by atoms with van der Waals surface area (Å²) >= 11 is 2.48. The standard InChI is InChI=1S/C67H75N7O19S2Si/c1-34(2)52(73-46(77)22-11-6-12-28-74-62(85)58(94-37-15-7-4-8-16-37)59(63(74)86)95-38-17-9-5-10-18-38)61(84)71-41(20-14-27-69-65(68)87)60(83)70-36-25-23-35(24-26-36)33-91-66(88)72-42-29-47(93-64(96)55(42)80)92-44-31-67(89,45(76)32-75)30-40-49(44)57(82)51-50(54(40)79)53(78)39-19-13-21-43(90-3)48(39)56(51)81/h4-5,7-10,13,15-19,21,23-26,34,41-42,44,47,52,55,64,75,79-80,82,89H,6,11-12,14,20,22,27-33H2,1-3,96H3,(H,70,83)(H,71,84)(H,72,88)(H,73,77)(H3,68,69,87)/t41-,42-,44-,47+,52-,55-,64-,67-/m0/s1. The molecule has 12 N–H and O–H groups in total. The highest BCUT2D eigenvalue weighted by Gasteiger charge is 2.51. The number of nitrogens with zero attached hydrogens (tertiary/aromatic N) is 1. The van der Waals surface area contributed by atoms with E-state index < -0.39 is 143 Å². The molecule has 0 bridgehead atoms. The molecule has 1 fully saturated rings. The van der Waals surface area contributed by atoms with Gasteiger partial charge in [0, 0.05) is 81.2 Å². The van der Waals surface area contributed by atoms with Gasteiger partial charge in [-0.3, -0.25) is 43.3 Å². The number of carbonyl (C=O) groups is 10. The molecule has 2 aliphatic carbocycles. The molecular weight excluding hydrogens is 1300 g/mol. The first-order valence-corrected chi connectivity index (χ1v) is 33.9. The molecule has 8 atom stereocenters. The van der Waals surface area contributed by atoms with Crippen molar-refractivity contribution >= 4 is 98.5 Å². The van der Waals surface area contributed by atoms with E-state index in [4.69, 9.17) is 24.7 Å². The van der Waals surface area contributed by atoms with Gasteiger partial charge in [0.2, 0.25) is 23.5 Å². The number of nitrogens with two attached hydrogens (primary N) is 1. The second kappa shape index (κ2) is 31.7. The van der Waals surface area contributed by atoms with Crippen molar-refractivity contribution in [2.24, 2.45) is 11.7 Å². The van der Waals surface area contributed by atoms with Gasteiger partial charge >= 0.3 is 12.1 Å². The van der Waals surface area contributed by atoms with Gasteiger partial charge in [-0.2, -0.15) is 0 Å². The predicted octanol–water partition coefficient (Wildman–Crippen LogP) is 4.01. The number of imide groups is 1. The molecule has 9 rings (SSSR count). The zero-order chi connectivity index (χ0) is 69.1. The molecule has 0 unspecified atom stereocenters. The highest BCUT2D eigenvalue weighted by molar-refractivity contribution is 8.08. The summed E-state index contributed by atoms with van der Waals surface area (Å²) in [6.07, 6.45) is -5.19. The third-order valence-corrected chi connectivity index (χ3v) is 20.1. The van der Waals surface area contributed by atoms with Crippen LogP contribution in [0.25, 0.3) is 0 Å². The monoisotopic (exact) mass is 1370 g/mol. The predicted molar refractivity (Wildman–Crippen MR) is 353 cm³/mol. The van der Waals surface area contributed by atoms with E-state index in [1.54, 1.807) is 26.0 Å². The molecule has 1 saturated heterocycles. The van der Waals surface area contributed by atoms with Crippen molar-refractivity contribution in [3.63, 3.8) is 0 Å². The number of aliphatic hydroxyl groups is 3. The molecule has 29 heteroatoms. The number of thioether (sulfide) groups is 2. The molecule has 0 aromatic heterocycles. The van der Waals surface area contributed by atoms with Crippen LogP contribution < -0.4 is 37.1 Å². The van der Waals surface area contributed by atoms with E-state index in [1.807, 2.05) is 60.7 Å². The Hall–Kier alpha value is -8.94. The number of anilines is 1. The quantitative estimate of drug-likeness (QED) is 0.0143. The Kier molecular flexibility index (Phi) is 23.6. The number of ether oxygens (including phenoxy) is 4. The number of carbonyl (C=O) groups excluding carboxylic acids is 10. The van der Waals surface area contributed by atoms with Crippen LogP contribution in [0.4, 0.5) is 15.3 Å². The molecular formula is C67H75N7O19S2Si. The van der Waals surface area contributed by atoms with Gasteiger partial charge in [0.25, 0.3) is 11.8 Å². The van der Waals surface area contributed by atoms with E-state index in [0.717, 1.165) is 9.79 Å². The molecule has 0 spiro atoms. The number of methoxy groups -OCH3 is 1. The summed E-state index contributed by atoms with van der Waals surface area (Å²) in [5.74, 6) is -7.25. The number of urea groups is 1. The van der Waals surface area contributed by atoms with Crippen molar-refractivity contribution in [2.45, 2.75) is 136 Å². The van der Waals surface area contributed by atoms with Gasteiger partial charge in [-0.15, -0.1) is 0 Å². The highest BCUT2D eigenvalue weighted by atomic mass is 32.2. The second-order valence-corrected chi connectivity index (χ2v) is 27.2. The van der Waals surface area contributed by atoms with Gasteiger partial charge in [0.1, 0.15) is 48.1 Å². The first-order valence-electron chi connectivity index (χ1n) is 31.2. The van der Waals surface area contributed by atoms with Crippen LogP contribution in [-0.2, 0) is 56.0 Å². The van der Waals surface area contributed by atoms with Crippen molar-refractivity contribution in [2.75, 3.05) is 32.1 Å². The SMILES string of the molecule is COc1cccc2c1C(=O)c1c(O)c3c(c(O)c1C2=O)C[C@@](O)(C(=O)CO)C[C@@H]3O[C@H]1C[C@H](NC(=O)OCc2ccc(NC(=O)[C@H](CCCNC(N)=O)NC(=O)[C@@H](NC(=O)CCCCCN3C(=O)C(Sc4ccccc4)=C(Sc4ccccc4)C3=O)C(C)C)cc2)[C@H](O)[C@H]([SiH3])O1. The summed E-state index contributed by atoms with van der Waals surface area (Å²) < 4.78 is 23.2. The summed E-state index contributed by atoms with van der Waals surface area (Å²) in [6.45, 7) is 2.25. The number of primary amides is 1. The van der Waals surface area contributed by atoms with Gasteiger partial charge < -0.3 is 76.8 Å². The summed E-state index contributed by atoms with van der Waals surface area (Å²) in [7, 11) is 1.45. The van der Waals surface area contributed by atoms with E-state index >= 15 is 0 Å². The van der Waals surface area contributed by atoms with Crippen LogP contribution in [0.1, 0.15) is 120 Å². The Labute approximate surface area is 563 Å². The highest BCUT2D eigenvalue weighted by Crippen LogP contribution is 2.53.